The number of fused-ring (bicyclic) bond motifs is 1. The molecular weight excluding hydrogens is 425 g/mol. The molecule has 1 aliphatic heterocycles. The molecule has 2 heterocycles. The van der Waals surface area contributed by atoms with Crippen LogP contribution in [0.5, 0.6) is 0 Å². The van der Waals surface area contributed by atoms with Crippen molar-refractivity contribution in [1.29, 1.82) is 0 Å². The van der Waals surface area contributed by atoms with E-state index < -0.39 is 21.8 Å². The number of nitrogens with zero attached hydrogens (tertiary/aromatic N) is 1. The van der Waals surface area contributed by atoms with Crippen LogP contribution in [0.15, 0.2) is 59.5 Å². The third-order valence-corrected chi connectivity index (χ3v) is 8.20. The molecule has 156 valence electrons. The summed E-state index contributed by atoms with van der Waals surface area (Å²) in [5, 5.41) is -0.0524. The summed E-state index contributed by atoms with van der Waals surface area (Å²) in [6.07, 6.45) is 2.40. The lowest BCUT2D eigenvalue weighted by Gasteiger charge is -2.26. The van der Waals surface area contributed by atoms with Crippen molar-refractivity contribution >= 4 is 43.0 Å². The Balaban J connectivity index is 1.77. The summed E-state index contributed by atoms with van der Waals surface area (Å²) in [7, 11) is -4.11. The summed E-state index contributed by atoms with van der Waals surface area (Å²) >= 11 is 0.939. The van der Waals surface area contributed by atoms with Crippen LogP contribution in [0.3, 0.4) is 0 Å². The molecule has 30 heavy (non-hydrogen) atoms. The van der Waals surface area contributed by atoms with Gasteiger partial charge < -0.3 is 4.74 Å². The zero-order valence-corrected chi connectivity index (χ0v) is 17.9. The number of sulfonamides is 1. The monoisotopic (exact) mass is 445 g/mol. The van der Waals surface area contributed by atoms with E-state index in [4.69, 9.17) is 4.74 Å². The molecule has 0 bridgehead atoms. The van der Waals surface area contributed by atoms with Gasteiger partial charge >= 0.3 is 5.97 Å². The average Bonchev–Trinajstić information content (AvgIpc) is 3.17. The zero-order chi connectivity index (χ0) is 21.3. The van der Waals surface area contributed by atoms with Gasteiger partial charge in [0.15, 0.2) is 0 Å². The number of benzene rings is 2. The number of halogens is 1. The van der Waals surface area contributed by atoms with Gasteiger partial charge in [0.05, 0.1) is 6.61 Å². The van der Waals surface area contributed by atoms with Crippen molar-refractivity contribution in [2.45, 2.75) is 18.2 Å². The van der Waals surface area contributed by atoms with Crippen LogP contribution in [0.1, 0.15) is 28.6 Å². The van der Waals surface area contributed by atoms with Crippen molar-refractivity contribution < 1.29 is 22.3 Å². The van der Waals surface area contributed by atoms with Crippen molar-refractivity contribution in [3.8, 4) is 0 Å². The molecule has 0 amide bonds. The van der Waals surface area contributed by atoms with Crippen LogP contribution < -0.4 is 0 Å². The Labute approximate surface area is 178 Å². The van der Waals surface area contributed by atoms with Gasteiger partial charge in [0.25, 0.3) is 0 Å². The van der Waals surface area contributed by atoms with Crippen molar-refractivity contribution in [2.24, 2.45) is 0 Å². The molecule has 0 unspecified atom stereocenters. The van der Waals surface area contributed by atoms with Gasteiger partial charge in [0.1, 0.15) is 15.6 Å². The Morgan fingerprint density at radius 3 is 2.60 bits per heavy atom. The molecule has 8 heteroatoms. The molecule has 0 radical (unpaired) electrons. The largest absolute Gasteiger partial charge is 0.462 e. The van der Waals surface area contributed by atoms with E-state index in [1.54, 1.807) is 13.0 Å². The summed E-state index contributed by atoms with van der Waals surface area (Å²) < 4.78 is 48.4. The molecule has 0 fully saturated rings. The zero-order valence-electron chi connectivity index (χ0n) is 16.3. The van der Waals surface area contributed by atoms with Crippen molar-refractivity contribution in [3.05, 3.63) is 70.9 Å². The molecule has 1 aliphatic rings. The number of rotatable bonds is 5. The van der Waals surface area contributed by atoms with Gasteiger partial charge in [-0.25, -0.2) is 17.6 Å². The fourth-order valence-electron chi connectivity index (χ4n) is 3.57. The molecule has 0 aliphatic carbocycles. The third kappa shape index (κ3) is 3.66. The van der Waals surface area contributed by atoms with Gasteiger partial charge in [-0.2, -0.15) is 4.31 Å². The Morgan fingerprint density at radius 1 is 1.17 bits per heavy atom. The molecule has 0 spiro atoms. The second kappa shape index (κ2) is 8.29. The number of carbonyl (C=O) groups excluding carboxylic acids is 1. The van der Waals surface area contributed by atoms with E-state index in [-0.39, 0.29) is 34.9 Å². The Morgan fingerprint density at radius 2 is 1.93 bits per heavy atom. The van der Waals surface area contributed by atoms with E-state index in [9.17, 15) is 17.6 Å². The van der Waals surface area contributed by atoms with Crippen LogP contribution in [0.2, 0.25) is 0 Å². The number of thiophene rings is 1. The minimum Gasteiger partial charge on any atom is -0.462 e. The first-order valence-corrected chi connectivity index (χ1v) is 11.8. The fraction of sp³-hybridized carbons (Fsp3) is 0.227. The molecule has 2 aromatic carbocycles. The quantitative estimate of drug-likeness (QED) is 0.534. The highest BCUT2D eigenvalue weighted by Gasteiger charge is 2.35. The van der Waals surface area contributed by atoms with Gasteiger partial charge in [0, 0.05) is 23.2 Å². The maximum Gasteiger partial charge on any atom is 0.349 e. The number of esters is 1. The molecule has 0 saturated carbocycles. The van der Waals surface area contributed by atoms with E-state index >= 15 is 0 Å². The second-order valence-corrected chi connectivity index (χ2v) is 9.73. The third-order valence-electron chi connectivity index (χ3n) is 5.00. The lowest BCUT2D eigenvalue weighted by Crippen LogP contribution is -2.35. The summed E-state index contributed by atoms with van der Waals surface area (Å²) in [4.78, 5) is 12.1. The van der Waals surface area contributed by atoms with Crippen LogP contribution in [0, 0.1) is 5.82 Å². The Kier molecular flexibility index (Phi) is 5.73. The maximum absolute atomic E-state index is 14.6. The second-order valence-electron chi connectivity index (χ2n) is 6.80. The highest BCUT2D eigenvalue weighted by atomic mass is 32.2. The van der Waals surface area contributed by atoms with E-state index in [0.717, 1.165) is 22.5 Å². The molecule has 4 rings (SSSR count). The molecule has 0 saturated heterocycles. The normalized spacial score (nSPS) is 15.2. The lowest BCUT2D eigenvalue weighted by atomic mass is 10.0. The highest BCUT2D eigenvalue weighted by molar-refractivity contribution is 7.89. The fourth-order valence-corrected chi connectivity index (χ4v) is 6.72. The van der Waals surface area contributed by atoms with Gasteiger partial charge in [-0.15, -0.1) is 11.3 Å². The van der Waals surface area contributed by atoms with E-state index in [1.807, 2.05) is 36.4 Å². The molecule has 5 nitrogen and oxygen atoms in total. The van der Waals surface area contributed by atoms with Crippen LogP contribution in [0.25, 0.3) is 15.7 Å². The van der Waals surface area contributed by atoms with Gasteiger partial charge in [-0.3, -0.25) is 0 Å². The van der Waals surface area contributed by atoms with Crippen molar-refractivity contribution in [1.82, 2.24) is 4.31 Å². The summed E-state index contributed by atoms with van der Waals surface area (Å²) in [6, 6.07) is 14.1. The molecule has 1 aromatic heterocycles. The standard InChI is InChI=1S/C22H20FNO4S2/c1-2-28-22(25)20-21(19-17(23)9-6-10-18(19)29-20)30(26,27)24-13-11-16(12-14-24)15-7-4-3-5-8-15/h3-11H,2,12-14H2,1H3. The first kappa shape index (κ1) is 20.7. The average molecular weight is 446 g/mol. The molecular formula is C22H20FNO4S2. The number of hydrogen-bond acceptors (Lipinski definition) is 5. The Bertz CT molecular complexity index is 1230. The lowest BCUT2D eigenvalue weighted by molar-refractivity contribution is 0.0528. The van der Waals surface area contributed by atoms with Gasteiger partial charge in [-0.05, 0) is 36.6 Å². The van der Waals surface area contributed by atoms with E-state index in [1.165, 1.54) is 16.4 Å². The van der Waals surface area contributed by atoms with Crippen molar-refractivity contribution in [2.75, 3.05) is 19.7 Å². The van der Waals surface area contributed by atoms with E-state index in [2.05, 4.69) is 0 Å². The summed E-state index contributed by atoms with van der Waals surface area (Å²) in [5.74, 6) is -1.43. The van der Waals surface area contributed by atoms with Gasteiger partial charge in [0.2, 0.25) is 10.0 Å². The summed E-state index contributed by atoms with van der Waals surface area (Å²) in [6.45, 7) is 2.14. The minimum atomic E-state index is -4.11. The predicted molar refractivity (Wildman–Crippen MR) is 116 cm³/mol. The van der Waals surface area contributed by atoms with Crippen molar-refractivity contribution in [3.63, 3.8) is 0 Å². The predicted octanol–water partition coefficient (Wildman–Crippen LogP) is 4.70. The maximum atomic E-state index is 14.6. The number of hydrogen-bond donors (Lipinski definition) is 0. The van der Waals surface area contributed by atoms with Crippen LogP contribution in [-0.4, -0.2) is 38.4 Å². The Hall–Kier alpha value is -2.55. The van der Waals surface area contributed by atoms with Gasteiger partial charge in [-0.1, -0.05) is 42.5 Å². The first-order chi connectivity index (χ1) is 14.4. The minimum absolute atomic E-state index is 0.0524. The van der Waals surface area contributed by atoms with E-state index in [0.29, 0.717) is 11.1 Å². The molecule has 0 atom stereocenters. The van der Waals surface area contributed by atoms with Crippen LogP contribution >= 0.6 is 11.3 Å². The molecule has 0 N–H and O–H groups in total. The highest BCUT2D eigenvalue weighted by Crippen LogP contribution is 2.39. The summed E-state index contributed by atoms with van der Waals surface area (Å²) in [5.41, 5.74) is 2.11. The first-order valence-electron chi connectivity index (χ1n) is 9.56. The SMILES string of the molecule is CCOC(=O)c1sc2cccc(F)c2c1S(=O)(=O)N1CC=C(c2ccccc2)CC1. The number of carbonyl (C=O) groups is 1. The topological polar surface area (TPSA) is 63.7 Å². The molecule has 3 aromatic rings. The van der Waals surface area contributed by atoms with Crippen LogP contribution in [0.4, 0.5) is 4.39 Å². The van der Waals surface area contributed by atoms with Crippen LogP contribution in [-0.2, 0) is 14.8 Å². The smallest absolute Gasteiger partial charge is 0.349 e. The number of ether oxygens (including phenoxy) is 1.